The standard InChI is InChI=1S/C19H26N4O2/c1-2-21-19(24)14-22-12-16-5-6-17(13-22)23(16)9-10-25-18-7-3-15(11-20)4-8-18/h3-4,7-8,16-17H,2,5-6,9-10,12-14H2,1H3,(H,21,24). The van der Waals surface area contributed by atoms with Gasteiger partial charge in [-0.2, -0.15) is 5.26 Å². The molecule has 2 heterocycles. The van der Waals surface area contributed by atoms with Crippen molar-refractivity contribution < 1.29 is 9.53 Å². The van der Waals surface area contributed by atoms with E-state index in [1.54, 1.807) is 12.1 Å². The molecule has 1 N–H and O–H groups in total. The maximum absolute atomic E-state index is 11.8. The fourth-order valence-electron chi connectivity index (χ4n) is 3.92. The summed E-state index contributed by atoms with van der Waals surface area (Å²) in [6, 6.07) is 10.4. The third-order valence-electron chi connectivity index (χ3n) is 5.05. The lowest BCUT2D eigenvalue weighted by molar-refractivity contribution is -0.123. The van der Waals surface area contributed by atoms with E-state index in [1.807, 2.05) is 19.1 Å². The highest BCUT2D eigenvalue weighted by molar-refractivity contribution is 5.77. The highest BCUT2D eigenvalue weighted by Crippen LogP contribution is 2.29. The van der Waals surface area contributed by atoms with Gasteiger partial charge in [0.15, 0.2) is 0 Å². The zero-order chi connectivity index (χ0) is 17.6. The van der Waals surface area contributed by atoms with E-state index in [1.165, 1.54) is 12.8 Å². The zero-order valence-electron chi connectivity index (χ0n) is 14.8. The average molecular weight is 342 g/mol. The molecule has 25 heavy (non-hydrogen) atoms. The van der Waals surface area contributed by atoms with E-state index in [2.05, 4.69) is 21.2 Å². The first-order valence-corrected chi connectivity index (χ1v) is 9.07. The number of likely N-dealkylation sites (N-methyl/N-ethyl adjacent to an activating group) is 1. The number of benzene rings is 1. The molecule has 0 spiro atoms. The molecule has 3 rings (SSSR count). The second-order valence-corrected chi connectivity index (χ2v) is 6.76. The Morgan fingerprint density at radius 2 is 1.96 bits per heavy atom. The number of ether oxygens (including phenoxy) is 1. The van der Waals surface area contributed by atoms with E-state index in [-0.39, 0.29) is 5.91 Å². The Kier molecular flexibility index (Phi) is 5.90. The van der Waals surface area contributed by atoms with Crippen LogP contribution in [-0.4, -0.2) is 67.1 Å². The average Bonchev–Trinajstić information content (AvgIpc) is 2.85. The van der Waals surface area contributed by atoms with Crippen LogP contribution in [-0.2, 0) is 4.79 Å². The van der Waals surface area contributed by atoms with E-state index in [4.69, 9.17) is 10.00 Å². The van der Waals surface area contributed by atoms with Gasteiger partial charge in [-0.05, 0) is 44.0 Å². The molecule has 6 nitrogen and oxygen atoms in total. The summed E-state index contributed by atoms with van der Waals surface area (Å²) in [5.41, 5.74) is 0.647. The van der Waals surface area contributed by atoms with Crippen molar-refractivity contribution in [2.24, 2.45) is 0 Å². The Hall–Kier alpha value is -2.10. The summed E-state index contributed by atoms with van der Waals surface area (Å²) in [7, 11) is 0. The van der Waals surface area contributed by atoms with Gasteiger partial charge in [-0.3, -0.25) is 14.6 Å². The first-order chi connectivity index (χ1) is 12.2. The van der Waals surface area contributed by atoms with Crippen LogP contribution < -0.4 is 10.1 Å². The van der Waals surface area contributed by atoms with Gasteiger partial charge in [0.25, 0.3) is 0 Å². The van der Waals surface area contributed by atoms with Crippen LogP contribution in [0, 0.1) is 11.3 Å². The summed E-state index contributed by atoms with van der Waals surface area (Å²) in [6.45, 7) is 6.64. The van der Waals surface area contributed by atoms with Gasteiger partial charge in [-0.1, -0.05) is 0 Å². The van der Waals surface area contributed by atoms with Crippen LogP contribution in [0.4, 0.5) is 0 Å². The number of hydrogen-bond donors (Lipinski definition) is 1. The Bertz CT molecular complexity index is 611. The highest BCUT2D eigenvalue weighted by atomic mass is 16.5. The van der Waals surface area contributed by atoms with Crippen molar-refractivity contribution in [3.05, 3.63) is 29.8 Å². The SMILES string of the molecule is CCNC(=O)CN1CC2CCC(C1)N2CCOc1ccc(C#N)cc1. The summed E-state index contributed by atoms with van der Waals surface area (Å²) in [5.74, 6) is 0.931. The number of carbonyl (C=O) groups is 1. The van der Waals surface area contributed by atoms with Gasteiger partial charge >= 0.3 is 0 Å². The van der Waals surface area contributed by atoms with E-state index < -0.39 is 0 Å². The predicted molar refractivity (Wildman–Crippen MR) is 95.3 cm³/mol. The van der Waals surface area contributed by atoms with Gasteiger partial charge in [0, 0.05) is 38.3 Å². The minimum absolute atomic E-state index is 0.125. The van der Waals surface area contributed by atoms with Gasteiger partial charge < -0.3 is 10.1 Å². The third kappa shape index (κ3) is 4.50. The van der Waals surface area contributed by atoms with E-state index >= 15 is 0 Å². The van der Waals surface area contributed by atoms with E-state index in [0.29, 0.717) is 37.3 Å². The lowest BCUT2D eigenvalue weighted by Gasteiger charge is -2.40. The summed E-state index contributed by atoms with van der Waals surface area (Å²) in [4.78, 5) is 16.6. The molecule has 1 amide bonds. The lowest BCUT2D eigenvalue weighted by atomic mass is 10.2. The second kappa shape index (κ2) is 8.32. The third-order valence-corrected chi connectivity index (χ3v) is 5.05. The van der Waals surface area contributed by atoms with Crippen LogP contribution in [0.15, 0.2) is 24.3 Å². The number of likely N-dealkylation sites (tertiary alicyclic amines) is 1. The Morgan fingerprint density at radius 1 is 1.28 bits per heavy atom. The summed E-state index contributed by atoms with van der Waals surface area (Å²) in [5, 5.41) is 11.7. The number of carbonyl (C=O) groups excluding carboxylic acids is 1. The largest absolute Gasteiger partial charge is 0.492 e. The molecule has 1 aromatic rings. The topological polar surface area (TPSA) is 68.6 Å². The molecule has 2 aliphatic rings. The summed E-state index contributed by atoms with van der Waals surface area (Å²) < 4.78 is 5.83. The number of hydrogen-bond acceptors (Lipinski definition) is 5. The van der Waals surface area contributed by atoms with Gasteiger partial charge in [0.05, 0.1) is 18.2 Å². The molecule has 134 valence electrons. The number of piperazine rings is 1. The van der Waals surface area contributed by atoms with E-state index in [9.17, 15) is 4.79 Å². The van der Waals surface area contributed by atoms with Crippen molar-refractivity contribution in [3.63, 3.8) is 0 Å². The van der Waals surface area contributed by atoms with Crippen LogP contribution in [0.2, 0.25) is 0 Å². The second-order valence-electron chi connectivity index (χ2n) is 6.76. The van der Waals surface area contributed by atoms with Gasteiger partial charge in [-0.15, -0.1) is 0 Å². The van der Waals surface area contributed by atoms with Crippen LogP contribution >= 0.6 is 0 Å². The minimum atomic E-state index is 0.125. The Balaban J connectivity index is 1.45. The molecule has 0 radical (unpaired) electrons. The van der Waals surface area contributed by atoms with E-state index in [0.717, 1.165) is 25.4 Å². The molecule has 2 saturated heterocycles. The van der Waals surface area contributed by atoms with Crippen molar-refractivity contribution in [1.29, 1.82) is 5.26 Å². The number of nitriles is 1. The number of rotatable bonds is 7. The highest BCUT2D eigenvalue weighted by Gasteiger charge is 2.39. The fourth-order valence-corrected chi connectivity index (χ4v) is 3.92. The summed E-state index contributed by atoms with van der Waals surface area (Å²) in [6.07, 6.45) is 2.40. The molecule has 2 atom stereocenters. The van der Waals surface area contributed by atoms with Crippen LogP contribution in [0.5, 0.6) is 5.75 Å². The quantitative estimate of drug-likeness (QED) is 0.807. The zero-order valence-corrected chi connectivity index (χ0v) is 14.8. The predicted octanol–water partition coefficient (Wildman–Crippen LogP) is 1.22. The van der Waals surface area contributed by atoms with Crippen molar-refractivity contribution in [2.75, 3.05) is 39.3 Å². The number of nitrogens with zero attached hydrogens (tertiary/aromatic N) is 3. The Labute approximate surface area is 149 Å². The Morgan fingerprint density at radius 3 is 2.56 bits per heavy atom. The smallest absolute Gasteiger partial charge is 0.234 e. The minimum Gasteiger partial charge on any atom is -0.492 e. The monoisotopic (exact) mass is 342 g/mol. The molecule has 6 heteroatoms. The van der Waals surface area contributed by atoms with Gasteiger partial charge in [-0.25, -0.2) is 0 Å². The molecular weight excluding hydrogens is 316 g/mol. The molecule has 1 aromatic carbocycles. The van der Waals surface area contributed by atoms with Gasteiger partial charge in [0.1, 0.15) is 12.4 Å². The number of fused-ring (bicyclic) bond motifs is 2. The van der Waals surface area contributed by atoms with Crippen molar-refractivity contribution >= 4 is 5.91 Å². The molecule has 0 saturated carbocycles. The summed E-state index contributed by atoms with van der Waals surface area (Å²) >= 11 is 0. The number of nitrogens with one attached hydrogen (secondary N) is 1. The van der Waals surface area contributed by atoms with Gasteiger partial charge in [0.2, 0.25) is 5.91 Å². The molecule has 2 unspecified atom stereocenters. The molecule has 0 aliphatic carbocycles. The first-order valence-electron chi connectivity index (χ1n) is 9.07. The molecule has 2 fully saturated rings. The molecular formula is C19H26N4O2. The van der Waals surface area contributed by atoms with Crippen LogP contribution in [0.3, 0.4) is 0 Å². The van der Waals surface area contributed by atoms with Crippen LogP contribution in [0.25, 0.3) is 0 Å². The lowest BCUT2D eigenvalue weighted by Crippen LogP contribution is -2.56. The first kappa shape index (κ1) is 17.7. The maximum Gasteiger partial charge on any atom is 0.234 e. The fraction of sp³-hybridized carbons (Fsp3) is 0.579. The van der Waals surface area contributed by atoms with Crippen molar-refractivity contribution in [2.45, 2.75) is 31.8 Å². The molecule has 2 aliphatic heterocycles. The maximum atomic E-state index is 11.8. The normalized spacial score (nSPS) is 23.2. The molecule has 2 bridgehead atoms. The van der Waals surface area contributed by atoms with Crippen LogP contribution in [0.1, 0.15) is 25.3 Å². The van der Waals surface area contributed by atoms with Crippen molar-refractivity contribution in [3.8, 4) is 11.8 Å². The number of amides is 1. The molecule has 0 aromatic heterocycles. The van der Waals surface area contributed by atoms with Crippen molar-refractivity contribution in [1.82, 2.24) is 15.1 Å².